The zero-order chi connectivity index (χ0) is 30.7. The molecule has 4 aromatic heterocycles. The minimum Gasteiger partial charge on any atom is -0.480 e. The number of ether oxygens (including phenoxy) is 1. The van der Waals surface area contributed by atoms with Gasteiger partial charge in [0.1, 0.15) is 33.4 Å². The van der Waals surface area contributed by atoms with Crippen LogP contribution in [0.15, 0.2) is 49.2 Å². The molecule has 0 spiro atoms. The second-order valence-corrected chi connectivity index (χ2v) is 12.5. The van der Waals surface area contributed by atoms with E-state index in [1.807, 2.05) is 51.4 Å². The van der Waals surface area contributed by atoms with Crippen LogP contribution in [-0.2, 0) is 18.1 Å². The van der Waals surface area contributed by atoms with Crippen molar-refractivity contribution in [1.82, 2.24) is 39.3 Å². The highest BCUT2D eigenvalue weighted by molar-refractivity contribution is 6.66. The normalized spacial score (nSPS) is 14.3. The lowest BCUT2D eigenvalue weighted by Crippen LogP contribution is -2.48. The Balaban J connectivity index is 1.34. The molecule has 4 heterocycles. The lowest BCUT2D eigenvalue weighted by Gasteiger charge is -2.42. The number of methoxy groups -OCH3 is 1. The minimum absolute atomic E-state index is 0.270. The summed E-state index contributed by atoms with van der Waals surface area (Å²) in [6.45, 7) is 0.397. The maximum Gasteiger partial charge on any atom is 0.434 e. The largest absolute Gasteiger partial charge is 0.480 e. The quantitative estimate of drug-likeness (QED) is 0.238. The van der Waals surface area contributed by atoms with E-state index in [0.717, 1.165) is 35.7 Å². The highest BCUT2D eigenvalue weighted by Gasteiger charge is 2.40. The Kier molecular flexibility index (Phi) is 6.97. The number of hydrogen-bond acceptors (Lipinski definition) is 7. The van der Waals surface area contributed by atoms with E-state index in [4.69, 9.17) is 9.72 Å². The molecule has 43 heavy (non-hydrogen) atoms. The number of benzene rings is 1. The first-order valence-corrected chi connectivity index (χ1v) is 14.1. The number of nitrogens with zero attached hydrogens (tertiary/aromatic N) is 8. The van der Waals surface area contributed by atoms with Crippen LogP contribution in [0.25, 0.3) is 33.8 Å². The number of hydrogen-bond donors (Lipinski definition) is 0. The Morgan fingerprint density at radius 3 is 2.30 bits per heavy atom. The van der Waals surface area contributed by atoms with Gasteiger partial charge in [-0.15, -0.1) is 5.11 Å². The van der Waals surface area contributed by atoms with Gasteiger partial charge < -0.3 is 9.30 Å². The molecule has 0 unspecified atom stereocenters. The number of rotatable bonds is 8. The first-order valence-electron chi connectivity index (χ1n) is 14.1. The van der Waals surface area contributed by atoms with Crippen LogP contribution in [0.2, 0.25) is 5.11 Å². The summed E-state index contributed by atoms with van der Waals surface area (Å²) in [7, 11) is 11.4. The van der Waals surface area contributed by atoms with Crippen LogP contribution in [0, 0.1) is 0 Å². The lowest BCUT2D eigenvalue weighted by molar-refractivity contribution is -0.140. The third kappa shape index (κ3) is 5.34. The summed E-state index contributed by atoms with van der Waals surface area (Å²) in [5.74, 6) is 1.51. The predicted molar refractivity (Wildman–Crippen MR) is 170 cm³/mol. The molecule has 1 saturated carbocycles. The van der Waals surface area contributed by atoms with Crippen molar-refractivity contribution in [3.63, 3.8) is 0 Å². The fraction of sp³-hybridized carbons (Fsp3) is 0.308. The Morgan fingerprint density at radius 2 is 1.67 bits per heavy atom. The zero-order valence-electron chi connectivity index (χ0n) is 24.9. The van der Waals surface area contributed by atoms with E-state index in [0.29, 0.717) is 40.9 Å². The van der Waals surface area contributed by atoms with E-state index in [2.05, 4.69) is 25.0 Å². The van der Waals surface area contributed by atoms with Gasteiger partial charge in [-0.3, -0.25) is 0 Å². The summed E-state index contributed by atoms with van der Waals surface area (Å²) in [4.78, 5) is 22.2. The summed E-state index contributed by atoms with van der Waals surface area (Å²) in [6, 6.07) is 7.35. The Labute approximate surface area is 251 Å². The number of halogens is 3. The smallest absolute Gasteiger partial charge is 0.434 e. The summed E-state index contributed by atoms with van der Waals surface area (Å²) in [6.07, 6.45) is 3.60. The van der Waals surface area contributed by atoms with Gasteiger partial charge in [0, 0.05) is 23.9 Å². The van der Waals surface area contributed by atoms with Crippen LogP contribution < -0.4 is 4.74 Å². The molecular formula is C26H28B5F3N8O. The second kappa shape index (κ2) is 10.3. The van der Waals surface area contributed by atoms with Crippen molar-refractivity contribution < 1.29 is 17.9 Å². The first kappa shape index (κ1) is 29.1. The van der Waals surface area contributed by atoms with E-state index in [9.17, 15) is 13.2 Å². The van der Waals surface area contributed by atoms with Crippen molar-refractivity contribution in [1.29, 1.82) is 0 Å². The van der Waals surface area contributed by atoms with E-state index >= 15 is 0 Å². The van der Waals surface area contributed by atoms with Crippen LogP contribution in [-0.4, -0.2) is 85.6 Å². The first-order chi connectivity index (χ1) is 20.3. The van der Waals surface area contributed by atoms with Crippen LogP contribution >= 0.6 is 0 Å². The fourth-order valence-corrected chi connectivity index (χ4v) is 4.96. The monoisotopic (exact) mass is 580 g/mol. The van der Waals surface area contributed by atoms with Crippen molar-refractivity contribution in [3.8, 4) is 28.7 Å². The van der Waals surface area contributed by atoms with Gasteiger partial charge in [-0.2, -0.15) is 18.3 Å². The summed E-state index contributed by atoms with van der Waals surface area (Å²) < 4.78 is 50.1. The number of alkyl halides is 3. The van der Waals surface area contributed by atoms with Gasteiger partial charge in [0.15, 0.2) is 17.2 Å². The van der Waals surface area contributed by atoms with Crippen molar-refractivity contribution in [3.05, 3.63) is 66.1 Å². The predicted octanol–water partition coefficient (Wildman–Crippen LogP) is -0.0506. The molecule has 1 aliphatic carbocycles. The average molecular weight is 580 g/mol. The highest BCUT2D eigenvalue weighted by atomic mass is 19.4. The Hall–Kier alpha value is -4.03. The van der Waals surface area contributed by atoms with Crippen LogP contribution in [0.3, 0.4) is 0 Å². The summed E-state index contributed by atoms with van der Waals surface area (Å²) in [5.41, 5.74) is 2.80. The molecule has 1 fully saturated rings. The molecular weight excluding hydrogens is 551 g/mol. The minimum atomic E-state index is -4.55. The molecule has 1 aromatic carbocycles. The highest BCUT2D eigenvalue weighted by Crippen LogP contribution is 2.45. The SMILES string of the molecule is BC(B)(B)C(B)(B)n1cc(C(F)(F)F)nc1-c1ccc(Cn2ncc3cnc(-c4c(OC)ncnc4C4CC4)nc32)cc1. The van der Waals surface area contributed by atoms with Crippen LogP contribution in [0.5, 0.6) is 5.88 Å². The van der Waals surface area contributed by atoms with Crippen molar-refractivity contribution >= 4 is 50.3 Å². The molecule has 0 aliphatic heterocycles. The van der Waals surface area contributed by atoms with Gasteiger partial charge in [-0.05, 0) is 23.7 Å². The van der Waals surface area contributed by atoms with Gasteiger partial charge in [0.25, 0.3) is 0 Å². The molecule has 214 valence electrons. The van der Waals surface area contributed by atoms with Crippen LogP contribution in [0.1, 0.15) is 35.7 Å². The zero-order valence-corrected chi connectivity index (χ0v) is 24.9. The number of imidazole rings is 1. The third-order valence-corrected chi connectivity index (χ3v) is 8.58. The van der Waals surface area contributed by atoms with Crippen molar-refractivity contribution in [2.24, 2.45) is 0 Å². The van der Waals surface area contributed by atoms with E-state index < -0.39 is 17.2 Å². The second-order valence-electron chi connectivity index (χ2n) is 12.5. The van der Waals surface area contributed by atoms with Gasteiger partial charge in [0.05, 0.1) is 54.5 Å². The topological polar surface area (TPSA) is 96.4 Å². The molecule has 0 N–H and O–H groups in total. The molecule has 0 bridgehead atoms. The number of aromatic nitrogens is 8. The van der Waals surface area contributed by atoms with E-state index in [-0.39, 0.29) is 10.9 Å². The van der Waals surface area contributed by atoms with Crippen molar-refractivity contribution in [2.75, 3.05) is 7.11 Å². The summed E-state index contributed by atoms with van der Waals surface area (Å²) in [5, 5.41) is 4.33. The van der Waals surface area contributed by atoms with E-state index in [1.165, 1.54) is 6.33 Å². The molecule has 1 aliphatic rings. The standard InChI is InChI=1S/C26H28B5F3N8O/c1-43-23-18(19(14-6-7-14)36-12-37-23)20-35-8-16-9-38-42(22(16)40-20)10-13-2-4-15(5-3-13)21-39-17(24(32,33)34)11-41(21)26(30,31)25(27,28)29/h2-5,8-9,11-12,14H,6-7,10,27-31H2,1H3. The van der Waals surface area contributed by atoms with Gasteiger partial charge >= 0.3 is 6.18 Å². The maximum absolute atomic E-state index is 13.7. The Bertz CT molecular complexity index is 1810. The molecule has 17 heteroatoms. The molecule has 0 radical (unpaired) electrons. The molecule has 9 nitrogen and oxygen atoms in total. The van der Waals surface area contributed by atoms with Gasteiger partial charge in [0.2, 0.25) is 5.88 Å². The molecule has 6 rings (SSSR count). The van der Waals surface area contributed by atoms with Crippen molar-refractivity contribution in [2.45, 2.75) is 41.9 Å². The maximum atomic E-state index is 13.7. The van der Waals surface area contributed by atoms with Gasteiger partial charge in [-0.25, -0.2) is 29.6 Å². The molecule has 0 atom stereocenters. The third-order valence-electron chi connectivity index (χ3n) is 8.58. The van der Waals surface area contributed by atoms with Gasteiger partial charge in [-0.1, -0.05) is 24.3 Å². The van der Waals surface area contributed by atoms with E-state index in [1.54, 1.807) is 40.9 Å². The molecule has 0 saturated heterocycles. The Morgan fingerprint density at radius 1 is 0.953 bits per heavy atom. The molecule has 0 amide bonds. The van der Waals surface area contributed by atoms with Crippen LogP contribution in [0.4, 0.5) is 13.2 Å². The fourth-order valence-electron chi connectivity index (χ4n) is 4.96. The lowest BCUT2D eigenvalue weighted by atomic mass is 9.26. The molecule has 5 aromatic rings. The summed E-state index contributed by atoms with van der Waals surface area (Å²) >= 11 is 0. The average Bonchev–Trinajstić information content (AvgIpc) is 3.57. The number of fused-ring (bicyclic) bond motifs is 1.